The zero-order valence-electron chi connectivity index (χ0n) is 13.3. The van der Waals surface area contributed by atoms with Crippen molar-refractivity contribution in [3.05, 3.63) is 28.1 Å². The van der Waals surface area contributed by atoms with Crippen molar-refractivity contribution in [1.29, 1.82) is 0 Å². The SMILES string of the molecule is CC1CCCCC1NC(=O)COC(=O)c1cc([N+](=O)[O-])cn1C. The van der Waals surface area contributed by atoms with Gasteiger partial charge < -0.3 is 14.6 Å². The van der Waals surface area contributed by atoms with Crippen LogP contribution in [-0.4, -0.2) is 34.0 Å². The van der Waals surface area contributed by atoms with Crippen molar-refractivity contribution in [3.8, 4) is 0 Å². The van der Waals surface area contributed by atoms with Crippen LogP contribution < -0.4 is 5.32 Å². The van der Waals surface area contributed by atoms with E-state index in [-0.39, 0.29) is 29.9 Å². The second kappa shape index (κ2) is 7.26. The van der Waals surface area contributed by atoms with E-state index in [1.807, 2.05) is 0 Å². The van der Waals surface area contributed by atoms with Gasteiger partial charge in [0.2, 0.25) is 0 Å². The zero-order chi connectivity index (χ0) is 17.0. The molecule has 1 saturated carbocycles. The molecule has 2 rings (SSSR count). The molecule has 0 radical (unpaired) electrons. The number of esters is 1. The second-order valence-corrected chi connectivity index (χ2v) is 5.96. The van der Waals surface area contributed by atoms with E-state index in [1.54, 1.807) is 0 Å². The molecule has 0 bridgehead atoms. The van der Waals surface area contributed by atoms with Crippen LogP contribution in [-0.2, 0) is 16.6 Å². The molecule has 126 valence electrons. The van der Waals surface area contributed by atoms with E-state index in [4.69, 9.17) is 4.74 Å². The van der Waals surface area contributed by atoms with Gasteiger partial charge in [0.1, 0.15) is 5.69 Å². The molecule has 0 spiro atoms. The largest absolute Gasteiger partial charge is 0.451 e. The first-order chi connectivity index (χ1) is 10.9. The fourth-order valence-electron chi connectivity index (χ4n) is 2.83. The standard InChI is InChI=1S/C15H21N3O5/c1-10-5-3-4-6-12(10)16-14(19)9-23-15(20)13-7-11(18(21)22)8-17(13)2/h7-8,10,12H,3-6,9H2,1-2H3,(H,16,19). The number of rotatable bonds is 5. The average Bonchev–Trinajstić information content (AvgIpc) is 2.89. The van der Waals surface area contributed by atoms with Gasteiger partial charge in [-0.15, -0.1) is 0 Å². The fraction of sp³-hybridized carbons (Fsp3) is 0.600. The molecule has 2 atom stereocenters. The number of nitrogens with zero attached hydrogens (tertiary/aromatic N) is 2. The summed E-state index contributed by atoms with van der Waals surface area (Å²) in [5.74, 6) is -0.688. The van der Waals surface area contributed by atoms with Gasteiger partial charge in [-0.1, -0.05) is 19.8 Å². The maximum absolute atomic E-state index is 11.9. The molecule has 1 aliphatic rings. The van der Waals surface area contributed by atoms with E-state index in [2.05, 4.69) is 12.2 Å². The molecule has 8 nitrogen and oxygen atoms in total. The Morgan fingerprint density at radius 1 is 1.43 bits per heavy atom. The van der Waals surface area contributed by atoms with E-state index in [1.165, 1.54) is 24.2 Å². The summed E-state index contributed by atoms with van der Waals surface area (Å²) in [4.78, 5) is 33.9. The number of carbonyl (C=O) groups excluding carboxylic acids is 2. The quantitative estimate of drug-likeness (QED) is 0.505. The average molecular weight is 323 g/mol. The molecule has 2 unspecified atom stereocenters. The van der Waals surface area contributed by atoms with Crippen molar-refractivity contribution < 1.29 is 19.2 Å². The Hall–Kier alpha value is -2.38. The second-order valence-electron chi connectivity index (χ2n) is 5.96. The molecular formula is C15H21N3O5. The van der Waals surface area contributed by atoms with Crippen LogP contribution in [0, 0.1) is 16.0 Å². The van der Waals surface area contributed by atoms with Crippen LogP contribution in [0.4, 0.5) is 5.69 Å². The lowest BCUT2D eigenvalue weighted by molar-refractivity contribution is -0.384. The predicted molar refractivity (Wildman–Crippen MR) is 81.9 cm³/mol. The highest BCUT2D eigenvalue weighted by molar-refractivity contribution is 5.90. The first kappa shape index (κ1) is 17.0. The summed E-state index contributed by atoms with van der Waals surface area (Å²) in [6.07, 6.45) is 5.50. The number of ether oxygens (including phenoxy) is 1. The van der Waals surface area contributed by atoms with Crippen molar-refractivity contribution >= 4 is 17.6 Å². The maximum atomic E-state index is 11.9. The lowest BCUT2D eigenvalue weighted by Gasteiger charge is -2.29. The number of aromatic nitrogens is 1. The number of nitrogens with one attached hydrogen (secondary N) is 1. The van der Waals surface area contributed by atoms with E-state index in [0.717, 1.165) is 25.3 Å². The molecule has 1 fully saturated rings. The molecular weight excluding hydrogens is 302 g/mol. The highest BCUT2D eigenvalue weighted by Crippen LogP contribution is 2.23. The van der Waals surface area contributed by atoms with Crippen molar-refractivity contribution in [2.24, 2.45) is 13.0 Å². The molecule has 1 aromatic heterocycles. The van der Waals surface area contributed by atoms with Crippen LogP contribution in [0.1, 0.15) is 43.1 Å². The van der Waals surface area contributed by atoms with Crippen molar-refractivity contribution in [2.45, 2.75) is 38.6 Å². The Morgan fingerprint density at radius 2 is 2.13 bits per heavy atom. The summed E-state index contributed by atoms with van der Waals surface area (Å²) < 4.78 is 6.25. The highest BCUT2D eigenvalue weighted by atomic mass is 16.6. The third kappa shape index (κ3) is 4.30. The Labute approximate surface area is 133 Å². The molecule has 0 aliphatic heterocycles. The van der Waals surface area contributed by atoms with Crippen LogP contribution in [0.2, 0.25) is 0 Å². The lowest BCUT2D eigenvalue weighted by atomic mass is 9.86. The predicted octanol–water partition coefficient (Wildman–Crippen LogP) is 1.78. The fourth-order valence-corrected chi connectivity index (χ4v) is 2.83. The van der Waals surface area contributed by atoms with Gasteiger partial charge in [-0.05, 0) is 18.8 Å². The third-order valence-electron chi connectivity index (χ3n) is 4.20. The van der Waals surface area contributed by atoms with E-state index < -0.39 is 10.9 Å². The number of carbonyl (C=O) groups is 2. The van der Waals surface area contributed by atoms with E-state index >= 15 is 0 Å². The maximum Gasteiger partial charge on any atom is 0.355 e. The Morgan fingerprint density at radius 3 is 2.74 bits per heavy atom. The molecule has 0 aromatic carbocycles. The zero-order valence-corrected chi connectivity index (χ0v) is 13.3. The molecule has 0 saturated heterocycles. The Balaban J connectivity index is 1.86. The van der Waals surface area contributed by atoms with E-state index in [0.29, 0.717) is 5.92 Å². The van der Waals surface area contributed by atoms with Crippen molar-refractivity contribution in [1.82, 2.24) is 9.88 Å². The number of hydrogen-bond donors (Lipinski definition) is 1. The minimum atomic E-state index is -0.757. The molecule has 23 heavy (non-hydrogen) atoms. The molecule has 1 N–H and O–H groups in total. The van der Waals surface area contributed by atoms with Gasteiger partial charge in [0.25, 0.3) is 11.6 Å². The lowest BCUT2D eigenvalue weighted by Crippen LogP contribution is -2.42. The van der Waals surface area contributed by atoms with Crippen LogP contribution in [0.15, 0.2) is 12.3 Å². The van der Waals surface area contributed by atoms with Crippen LogP contribution in [0.5, 0.6) is 0 Å². The first-order valence-corrected chi connectivity index (χ1v) is 7.65. The van der Waals surface area contributed by atoms with Gasteiger partial charge in [-0.3, -0.25) is 14.9 Å². The summed E-state index contributed by atoms with van der Waals surface area (Å²) in [6, 6.07) is 1.25. The minimum absolute atomic E-state index is 0.0375. The summed E-state index contributed by atoms with van der Waals surface area (Å²) in [5.41, 5.74) is -0.157. The molecule has 1 aliphatic carbocycles. The normalized spacial score (nSPS) is 20.8. The number of aryl methyl sites for hydroxylation is 1. The van der Waals surface area contributed by atoms with Gasteiger partial charge in [0.05, 0.1) is 11.1 Å². The molecule has 1 aromatic rings. The summed E-state index contributed by atoms with van der Waals surface area (Å²) in [7, 11) is 1.51. The molecule has 8 heteroatoms. The highest BCUT2D eigenvalue weighted by Gasteiger charge is 2.24. The van der Waals surface area contributed by atoms with Crippen LogP contribution in [0.3, 0.4) is 0 Å². The van der Waals surface area contributed by atoms with Crippen molar-refractivity contribution in [3.63, 3.8) is 0 Å². The monoisotopic (exact) mass is 323 g/mol. The topological polar surface area (TPSA) is 103 Å². The van der Waals surface area contributed by atoms with Crippen molar-refractivity contribution in [2.75, 3.05) is 6.61 Å². The van der Waals surface area contributed by atoms with Gasteiger partial charge in [0.15, 0.2) is 6.61 Å². The van der Waals surface area contributed by atoms with Gasteiger partial charge in [-0.25, -0.2) is 4.79 Å². The van der Waals surface area contributed by atoms with Gasteiger partial charge in [0, 0.05) is 19.2 Å². The minimum Gasteiger partial charge on any atom is -0.451 e. The number of amides is 1. The summed E-state index contributed by atoms with van der Waals surface area (Å²) in [6.45, 7) is 1.71. The van der Waals surface area contributed by atoms with Crippen LogP contribution >= 0.6 is 0 Å². The number of hydrogen-bond acceptors (Lipinski definition) is 5. The smallest absolute Gasteiger partial charge is 0.355 e. The Bertz CT molecular complexity index is 610. The summed E-state index contributed by atoms with van der Waals surface area (Å²) in [5, 5.41) is 13.6. The number of nitro groups is 1. The molecule has 1 heterocycles. The van der Waals surface area contributed by atoms with Gasteiger partial charge in [-0.2, -0.15) is 0 Å². The van der Waals surface area contributed by atoms with Gasteiger partial charge >= 0.3 is 5.97 Å². The Kier molecular flexibility index (Phi) is 5.36. The first-order valence-electron chi connectivity index (χ1n) is 7.65. The summed E-state index contributed by atoms with van der Waals surface area (Å²) >= 11 is 0. The van der Waals surface area contributed by atoms with E-state index in [9.17, 15) is 19.7 Å². The molecule has 1 amide bonds. The third-order valence-corrected chi connectivity index (χ3v) is 4.20. The van der Waals surface area contributed by atoms with Crippen LogP contribution in [0.25, 0.3) is 0 Å².